The van der Waals surface area contributed by atoms with Crippen molar-refractivity contribution in [1.82, 2.24) is 9.88 Å². The van der Waals surface area contributed by atoms with Gasteiger partial charge in [0.1, 0.15) is 5.78 Å². The molecule has 1 rings (SSSR count). The van der Waals surface area contributed by atoms with E-state index in [1.807, 2.05) is 6.92 Å². The van der Waals surface area contributed by atoms with Crippen LogP contribution in [0.3, 0.4) is 0 Å². The number of hydrogen-bond acceptors (Lipinski definition) is 4. The highest BCUT2D eigenvalue weighted by Crippen LogP contribution is 2.12. The number of amides is 1. The van der Waals surface area contributed by atoms with E-state index in [0.717, 1.165) is 6.42 Å². The van der Waals surface area contributed by atoms with Gasteiger partial charge in [0.05, 0.1) is 12.2 Å². The van der Waals surface area contributed by atoms with Gasteiger partial charge in [-0.2, -0.15) is 0 Å². The topological polar surface area (TPSA) is 88.4 Å². The van der Waals surface area contributed by atoms with Crippen molar-refractivity contribution in [3.63, 3.8) is 0 Å². The van der Waals surface area contributed by atoms with Crippen LogP contribution in [0.2, 0.25) is 0 Å². The molecule has 0 aliphatic carbocycles. The molecule has 1 amide bonds. The lowest BCUT2D eigenvalue weighted by Gasteiger charge is -2.14. The Labute approximate surface area is 123 Å². The summed E-state index contributed by atoms with van der Waals surface area (Å²) in [5, 5.41) is 12.4. The van der Waals surface area contributed by atoms with Crippen molar-refractivity contribution < 1.29 is 14.7 Å². The third-order valence-corrected chi connectivity index (χ3v) is 3.39. The average Bonchev–Trinajstić information content (AvgIpc) is 2.43. The maximum absolute atomic E-state index is 11.7. The van der Waals surface area contributed by atoms with Crippen LogP contribution >= 0.6 is 0 Å². The normalized spacial score (nSPS) is 10.4. The zero-order valence-electron chi connectivity index (χ0n) is 12.7. The number of Topliss-reactive ketones (excluding diaryl/α,β-unsaturated/α-hetero) is 1. The summed E-state index contributed by atoms with van der Waals surface area (Å²) in [6.07, 6.45) is 1.61. The van der Waals surface area contributed by atoms with E-state index in [1.165, 1.54) is 6.07 Å². The molecule has 0 saturated heterocycles. The monoisotopic (exact) mass is 294 g/mol. The van der Waals surface area contributed by atoms with Crippen LogP contribution in [-0.2, 0) is 23.2 Å². The number of ketones is 1. The fourth-order valence-electron chi connectivity index (χ4n) is 2.00. The van der Waals surface area contributed by atoms with Crippen molar-refractivity contribution in [2.75, 3.05) is 0 Å². The lowest BCUT2D eigenvalue weighted by molar-refractivity contribution is -0.125. The fourth-order valence-corrected chi connectivity index (χ4v) is 2.00. The molecule has 0 aromatic carbocycles. The van der Waals surface area contributed by atoms with Gasteiger partial charge in [-0.15, -0.1) is 0 Å². The van der Waals surface area contributed by atoms with Crippen molar-refractivity contribution in [3.8, 4) is 5.75 Å². The van der Waals surface area contributed by atoms with Gasteiger partial charge in [0.2, 0.25) is 11.3 Å². The molecule has 2 N–H and O–H groups in total. The van der Waals surface area contributed by atoms with E-state index >= 15 is 0 Å². The molecule has 0 aliphatic heterocycles. The van der Waals surface area contributed by atoms with Crippen LogP contribution in [0.1, 0.15) is 44.0 Å². The molecule has 0 bridgehead atoms. The van der Waals surface area contributed by atoms with Crippen LogP contribution < -0.4 is 10.7 Å². The van der Waals surface area contributed by atoms with Crippen LogP contribution in [0.25, 0.3) is 0 Å². The first-order valence-corrected chi connectivity index (χ1v) is 7.03. The number of aromatic hydroxyl groups is 1. The first-order chi connectivity index (χ1) is 9.86. The number of carbonyl (C=O) groups excluding carboxylic acids is 2. The molecule has 0 atom stereocenters. The molecule has 0 saturated carbocycles. The number of hydrogen-bond donors (Lipinski definition) is 2. The standard InChI is InChI=1S/C15H22N2O4/c1-4-5-11(18)6-7-14(20)16-9-12-15(21)13(19)8-10(2)17(12)3/h8,21H,4-7,9H2,1-3H3,(H,16,20). The van der Waals surface area contributed by atoms with E-state index in [-0.39, 0.29) is 36.8 Å². The molecule has 0 unspecified atom stereocenters. The smallest absolute Gasteiger partial charge is 0.223 e. The van der Waals surface area contributed by atoms with Gasteiger partial charge in [-0.1, -0.05) is 6.92 Å². The Morgan fingerprint density at radius 1 is 1.29 bits per heavy atom. The minimum Gasteiger partial charge on any atom is -0.503 e. The summed E-state index contributed by atoms with van der Waals surface area (Å²) in [5.41, 5.74) is 0.585. The quantitative estimate of drug-likeness (QED) is 0.790. The predicted molar refractivity (Wildman–Crippen MR) is 79.1 cm³/mol. The van der Waals surface area contributed by atoms with Gasteiger partial charge in [-0.3, -0.25) is 14.4 Å². The van der Waals surface area contributed by atoms with E-state index in [0.29, 0.717) is 17.8 Å². The Bertz CT molecular complexity index is 590. The highest BCUT2D eigenvalue weighted by molar-refractivity contribution is 5.84. The largest absolute Gasteiger partial charge is 0.503 e. The maximum Gasteiger partial charge on any atom is 0.223 e. The van der Waals surface area contributed by atoms with Gasteiger partial charge in [-0.25, -0.2) is 0 Å². The van der Waals surface area contributed by atoms with Crippen LogP contribution in [0.4, 0.5) is 0 Å². The second-order valence-electron chi connectivity index (χ2n) is 5.07. The van der Waals surface area contributed by atoms with Crippen LogP contribution in [0.15, 0.2) is 10.9 Å². The highest BCUT2D eigenvalue weighted by atomic mass is 16.3. The van der Waals surface area contributed by atoms with Crippen molar-refractivity contribution in [1.29, 1.82) is 0 Å². The zero-order valence-corrected chi connectivity index (χ0v) is 12.7. The minimum absolute atomic E-state index is 0.0556. The van der Waals surface area contributed by atoms with E-state index in [4.69, 9.17) is 0 Å². The van der Waals surface area contributed by atoms with Gasteiger partial charge in [0.25, 0.3) is 0 Å². The molecule has 1 heterocycles. The highest BCUT2D eigenvalue weighted by Gasteiger charge is 2.12. The molecular formula is C15H22N2O4. The molecule has 0 radical (unpaired) electrons. The Balaban J connectivity index is 2.62. The number of aryl methyl sites for hydroxylation is 1. The Morgan fingerprint density at radius 2 is 1.95 bits per heavy atom. The van der Waals surface area contributed by atoms with Crippen molar-refractivity contribution in [3.05, 3.63) is 27.7 Å². The minimum atomic E-state index is -0.465. The summed E-state index contributed by atoms with van der Waals surface area (Å²) in [4.78, 5) is 34.6. The summed E-state index contributed by atoms with van der Waals surface area (Å²) >= 11 is 0. The van der Waals surface area contributed by atoms with Crippen LogP contribution in [0, 0.1) is 6.92 Å². The maximum atomic E-state index is 11.7. The molecule has 0 aliphatic rings. The number of rotatable bonds is 7. The number of aromatic nitrogens is 1. The molecule has 0 spiro atoms. The first kappa shape index (κ1) is 16.9. The van der Waals surface area contributed by atoms with Gasteiger partial charge in [0, 0.05) is 38.1 Å². The SMILES string of the molecule is CCCC(=O)CCC(=O)NCc1c(O)c(=O)cc(C)n1C. The summed E-state index contributed by atoms with van der Waals surface area (Å²) in [6, 6.07) is 1.34. The van der Waals surface area contributed by atoms with Gasteiger partial charge < -0.3 is 15.0 Å². The van der Waals surface area contributed by atoms with Crippen molar-refractivity contribution in [2.45, 2.75) is 46.1 Å². The number of carbonyl (C=O) groups is 2. The van der Waals surface area contributed by atoms with E-state index in [1.54, 1.807) is 18.5 Å². The third kappa shape index (κ3) is 4.73. The molecule has 1 aromatic heterocycles. The Morgan fingerprint density at radius 3 is 2.57 bits per heavy atom. The van der Waals surface area contributed by atoms with E-state index in [2.05, 4.69) is 5.32 Å². The first-order valence-electron chi connectivity index (χ1n) is 7.03. The second-order valence-corrected chi connectivity index (χ2v) is 5.07. The summed E-state index contributed by atoms with van der Waals surface area (Å²) < 4.78 is 1.65. The molecule has 0 fully saturated rings. The summed E-state index contributed by atoms with van der Waals surface area (Å²) in [7, 11) is 1.71. The number of nitrogens with zero attached hydrogens (tertiary/aromatic N) is 1. The van der Waals surface area contributed by atoms with Crippen molar-refractivity contribution >= 4 is 11.7 Å². The third-order valence-electron chi connectivity index (χ3n) is 3.39. The number of pyridine rings is 1. The number of nitrogens with one attached hydrogen (secondary N) is 1. The van der Waals surface area contributed by atoms with E-state index in [9.17, 15) is 19.5 Å². The molecule has 1 aromatic rings. The van der Waals surface area contributed by atoms with Gasteiger partial charge >= 0.3 is 0 Å². The molecule has 6 heteroatoms. The van der Waals surface area contributed by atoms with Crippen LogP contribution in [-0.4, -0.2) is 21.4 Å². The van der Waals surface area contributed by atoms with Gasteiger partial charge in [0.15, 0.2) is 5.75 Å². The Hall–Kier alpha value is -2.11. The van der Waals surface area contributed by atoms with Crippen molar-refractivity contribution in [2.24, 2.45) is 7.05 Å². The summed E-state index contributed by atoms with van der Waals surface area (Å²) in [5.74, 6) is -0.559. The predicted octanol–water partition coefficient (Wildman–Crippen LogP) is 1.16. The molecule has 21 heavy (non-hydrogen) atoms. The van der Waals surface area contributed by atoms with E-state index < -0.39 is 5.43 Å². The second kappa shape index (κ2) is 7.61. The van der Waals surface area contributed by atoms with Crippen LogP contribution in [0.5, 0.6) is 5.75 Å². The molecule has 116 valence electrons. The summed E-state index contributed by atoms with van der Waals surface area (Å²) in [6.45, 7) is 3.72. The fraction of sp³-hybridized carbons (Fsp3) is 0.533. The zero-order chi connectivity index (χ0) is 16.0. The average molecular weight is 294 g/mol. The molecular weight excluding hydrogens is 272 g/mol. The molecule has 6 nitrogen and oxygen atoms in total. The lowest BCUT2D eigenvalue weighted by Crippen LogP contribution is -2.26. The lowest BCUT2D eigenvalue weighted by atomic mass is 10.1. The van der Waals surface area contributed by atoms with Gasteiger partial charge in [-0.05, 0) is 13.3 Å². The Kier molecular flexibility index (Phi) is 6.14.